The van der Waals surface area contributed by atoms with Gasteiger partial charge in [0.1, 0.15) is 0 Å². The molecule has 0 radical (unpaired) electrons. The summed E-state index contributed by atoms with van der Waals surface area (Å²) < 4.78 is 2.27. The second-order valence-corrected chi connectivity index (χ2v) is 5.22. The molecule has 0 aliphatic rings. The molecule has 92 valence electrons. The van der Waals surface area contributed by atoms with Crippen LogP contribution in [0.5, 0.6) is 0 Å². The molecule has 3 rings (SSSR count). The summed E-state index contributed by atoms with van der Waals surface area (Å²) in [6.45, 7) is 1.11. The molecule has 3 aromatic rings. The lowest BCUT2D eigenvalue weighted by atomic mass is 10.1. The van der Waals surface area contributed by atoms with Gasteiger partial charge in [-0.05, 0) is 58.0 Å². The van der Waals surface area contributed by atoms with Crippen molar-refractivity contribution in [3.63, 3.8) is 0 Å². The van der Waals surface area contributed by atoms with Gasteiger partial charge in [-0.2, -0.15) is 11.3 Å². The molecule has 1 aromatic carbocycles. The summed E-state index contributed by atoms with van der Waals surface area (Å²) in [5.41, 5.74) is 3.61. The molecular weight excluding hydrogens is 242 g/mol. The highest BCUT2D eigenvalue weighted by Gasteiger charge is 2.02. The van der Waals surface area contributed by atoms with Crippen molar-refractivity contribution in [2.75, 3.05) is 0 Å². The average molecular weight is 257 g/mol. The van der Waals surface area contributed by atoms with Gasteiger partial charge in [0.05, 0.1) is 6.61 Å². The first-order chi connectivity index (χ1) is 8.86. The molecule has 0 spiro atoms. The van der Waals surface area contributed by atoms with Crippen molar-refractivity contribution in [2.45, 2.75) is 19.6 Å². The summed E-state index contributed by atoms with van der Waals surface area (Å²) in [4.78, 5) is 0. The van der Waals surface area contributed by atoms with Crippen LogP contribution in [0.15, 0.2) is 47.3 Å². The first-order valence-electron chi connectivity index (χ1n) is 6.06. The number of aromatic nitrogens is 1. The van der Waals surface area contributed by atoms with Crippen LogP contribution in [0.1, 0.15) is 11.1 Å². The second-order valence-electron chi connectivity index (χ2n) is 4.44. The minimum Gasteiger partial charge on any atom is -0.392 e. The third-order valence-electron chi connectivity index (χ3n) is 3.24. The number of hydrogen-bond donors (Lipinski definition) is 1. The fourth-order valence-corrected chi connectivity index (χ4v) is 2.93. The number of fused-ring (bicyclic) bond motifs is 1. The molecule has 0 atom stereocenters. The summed E-state index contributed by atoms with van der Waals surface area (Å²) >= 11 is 1.75. The van der Waals surface area contributed by atoms with E-state index in [2.05, 4.69) is 45.8 Å². The lowest BCUT2D eigenvalue weighted by Crippen LogP contribution is -1.98. The number of thiophene rings is 1. The van der Waals surface area contributed by atoms with Crippen LogP contribution in [0.4, 0.5) is 0 Å². The molecule has 0 bridgehead atoms. The van der Waals surface area contributed by atoms with Crippen LogP contribution in [-0.2, 0) is 19.6 Å². The molecule has 3 heteroatoms. The van der Waals surface area contributed by atoms with Crippen molar-refractivity contribution in [1.82, 2.24) is 4.57 Å². The normalized spacial score (nSPS) is 11.2. The van der Waals surface area contributed by atoms with Crippen LogP contribution in [-0.4, -0.2) is 9.67 Å². The molecular formula is C15H15NOS. The molecule has 2 heterocycles. The van der Waals surface area contributed by atoms with Gasteiger partial charge in [0.15, 0.2) is 0 Å². The predicted molar refractivity (Wildman–Crippen MR) is 75.9 cm³/mol. The SMILES string of the molecule is OCc1ccc2c(ccn2CCc2ccsc2)c1. The molecule has 18 heavy (non-hydrogen) atoms. The molecule has 1 N–H and O–H groups in total. The van der Waals surface area contributed by atoms with Crippen LogP contribution in [0.2, 0.25) is 0 Å². The standard InChI is InChI=1S/C15H15NOS/c17-10-13-1-2-15-14(9-13)4-7-16(15)6-3-12-5-8-18-11-12/h1-2,4-5,7-9,11,17H,3,6,10H2. The Morgan fingerprint density at radius 2 is 2.06 bits per heavy atom. The van der Waals surface area contributed by atoms with Crippen molar-refractivity contribution < 1.29 is 5.11 Å². The maximum Gasteiger partial charge on any atom is 0.0682 e. The number of aliphatic hydroxyl groups excluding tert-OH is 1. The number of aliphatic hydroxyl groups is 1. The topological polar surface area (TPSA) is 25.2 Å². The Hall–Kier alpha value is -1.58. The van der Waals surface area contributed by atoms with E-state index in [0.29, 0.717) is 0 Å². The number of hydrogen-bond acceptors (Lipinski definition) is 2. The van der Waals surface area contributed by atoms with Gasteiger partial charge in [0.25, 0.3) is 0 Å². The van der Waals surface area contributed by atoms with E-state index in [1.807, 2.05) is 6.07 Å². The molecule has 0 amide bonds. The lowest BCUT2D eigenvalue weighted by Gasteiger charge is -2.05. The Bertz CT molecular complexity index is 640. The zero-order chi connectivity index (χ0) is 12.4. The molecule has 0 saturated heterocycles. The molecule has 0 aliphatic heterocycles. The molecule has 2 nitrogen and oxygen atoms in total. The third-order valence-corrected chi connectivity index (χ3v) is 3.97. The van der Waals surface area contributed by atoms with E-state index in [1.165, 1.54) is 16.5 Å². The van der Waals surface area contributed by atoms with Gasteiger partial charge in [0.2, 0.25) is 0 Å². The van der Waals surface area contributed by atoms with E-state index >= 15 is 0 Å². The van der Waals surface area contributed by atoms with Gasteiger partial charge in [-0.3, -0.25) is 0 Å². The number of nitrogens with zero attached hydrogens (tertiary/aromatic N) is 1. The van der Waals surface area contributed by atoms with Crippen molar-refractivity contribution in [3.05, 3.63) is 58.4 Å². The van der Waals surface area contributed by atoms with Crippen LogP contribution in [0.25, 0.3) is 10.9 Å². The van der Waals surface area contributed by atoms with E-state index in [9.17, 15) is 0 Å². The van der Waals surface area contributed by atoms with E-state index in [0.717, 1.165) is 18.5 Å². The summed E-state index contributed by atoms with van der Waals surface area (Å²) in [6.07, 6.45) is 3.19. The van der Waals surface area contributed by atoms with Crippen LogP contribution < -0.4 is 0 Å². The fraction of sp³-hybridized carbons (Fsp3) is 0.200. The summed E-state index contributed by atoms with van der Waals surface area (Å²) in [6, 6.07) is 10.4. The quantitative estimate of drug-likeness (QED) is 0.761. The lowest BCUT2D eigenvalue weighted by molar-refractivity contribution is 0.282. The summed E-state index contributed by atoms with van der Waals surface area (Å²) in [5, 5.41) is 14.7. The highest BCUT2D eigenvalue weighted by molar-refractivity contribution is 7.07. The summed E-state index contributed by atoms with van der Waals surface area (Å²) in [5.74, 6) is 0. The number of benzene rings is 1. The van der Waals surface area contributed by atoms with Crippen LogP contribution in [0.3, 0.4) is 0 Å². The average Bonchev–Trinajstić information content (AvgIpc) is 3.05. The smallest absolute Gasteiger partial charge is 0.0682 e. The maximum atomic E-state index is 9.13. The summed E-state index contributed by atoms with van der Waals surface area (Å²) in [7, 11) is 0. The number of rotatable bonds is 4. The minimum absolute atomic E-state index is 0.107. The third kappa shape index (κ3) is 2.19. The Morgan fingerprint density at radius 3 is 2.83 bits per heavy atom. The van der Waals surface area contributed by atoms with Gasteiger partial charge in [0, 0.05) is 18.3 Å². The minimum atomic E-state index is 0.107. The van der Waals surface area contributed by atoms with Crippen molar-refractivity contribution >= 4 is 22.2 Å². The largest absolute Gasteiger partial charge is 0.392 e. The van der Waals surface area contributed by atoms with E-state index in [-0.39, 0.29) is 6.61 Å². The molecule has 0 aliphatic carbocycles. The highest BCUT2D eigenvalue weighted by atomic mass is 32.1. The van der Waals surface area contributed by atoms with Crippen LogP contribution in [0, 0.1) is 0 Å². The molecule has 2 aromatic heterocycles. The monoisotopic (exact) mass is 257 g/mol. The van der Waals surface area contributed by atoms with Gasteiger partial charge in [-0.1, -0.05) is 6.07 Å². The van der Waals surface area contributed by atoms with Gasteiger partial charge in [-0.15, -0.1) is 0 Å². The van der Waals surface area contributed by atoms with E-state index < -0.39 is 0 Å². The first kappa shape index (κ1) is 11.5. The Kier molecular flexibility index (Phi) is 3.17. The van der Waals surface area contributed by atoms with Gasteiger partial charge < -0.3 is 9.67 Å². The molecule has 0 saturated carbocycles. The highest BCUT2D eigenvalue weighted by Crippen LogP contribution is 2.18. The molecule has 0 unspecified atom stereocenters. The Balaban J connectivity index is 1.84. The predicted octanol–water partition coefficient (Wildman–Crippen LogP) is 3.44. The fourth-order valence-electron chi connectivity index (χ4n) is 2.23. The number of aryl methyl sites for hydroxylation is 2. The van der Waals surface area contributed by atoms with Gasteiger partial charge in [-0.25, -0.2) is 0 Å². The second kappa shape index (κ2) is 4.96. The zero-order valence-corrected chi connectivity index (χ0v) is 10.9. The van der Waals surface area contributed by atoms with Crippen molar-refractivity contribution in [2.24, 2.45) is 0 Å². The van der Waals surface area contributed by atoms with Gasteiger partial charge >= 0.3 is 0 Å². The maximum absolute atomic E-state index is 9.13. The Morgan fingerprint density at radius 1 is 1.11 bits per heavy atom. The Labute approximate surface area is 110 Å². The first-order valence-corrected chi connectivity index (χ1v) is 7.01. The molecule has 0 fully saturated rings. The van der Waals surface area contributed by atoms with E-state index in [4.69, 9.17) is 5.11 Å². The zero-order valence-electron chi connectivity index (χ0n) is 10.0. The van der Waals surface area contributed by atoms with E-state index in [1.54, 1.807) is 11.3 Å². The van der Waals surface area contributed by atoms with Crippen molar-refractivity contribution in [3.8, 4) is 0 Å². The van der Waals surface area contributed by atoms with Crippen LogP contribution >= 0.6 is 11.3 Å². The van der Waals surface area contributed by atoms with Crippen molar-refractivity contribution in [1.29, 1.82) is 0 Å².